The van der Waals surface area contributed by atoms with Gasteiger partial charge in [0.05, 0.1) is 24.8 Å². The van der Waals surface area contributed by atoms with E-state index in [4.69, 9.17) is 5.11 Å². The van der Waals surface area contributed by atoms with E-state index in [-0.39, 0.29) is 30.8 Å². The molecule has 2 amide bonds. The van der Waals surface area contributed by atoms with Gasteiger partial charge in [0.1, 0.15) is 0 Å². The predicted molar refractivity (Wildman–Crippen MR) is 78.5 cm³/mol. The Kier molecular flexibility index (Phi) is 5.50. The standard InChI is InChI=1S/C16H17F3N2O2/c17-16(18,19)13-6-1-4-12(10-13)5-2-8-20-15(23)21-9-3-7-14(21)11-22/h1,4,6,10,14,22H,3,7-9,11H2,(H,20,23). The maximum Gasteiger partial charge on any atom is 0.416 e. The number of nitrogens with zero attached hydrogens (tertiary/aromatic N) is 1. The first kappa shape index (κ1) is 17.2. The Morgan fingerprint density at radius 1 is 1.43 bits per heavy atom. The van der Waals surface area contributed by atoms with E-state index < -0.39 is 11.7 Å². The SMILES string of the molecule is O=C(NCC#Cc1cccc(C(F)(F)F)c1)N1CCCC1CO. The third-order valence-corrected chi connectivity index (χ3v) is 3.60. The van der Waals surface area contributed by atoms with Crippen LogP contribution < -0.4 is 5.32 Å². The lowest BCUT2D eigenvalue weighted by Gasteiger charge is -2.22. The molecule has 0 aliphatic carbocycles. The summed E-state index contributed by atoms with van der Waals surface area (Å²) in [6.07, 6.45) is -2.80. The molecule has 1 fully saturated rings. The fourth-order valence-corrected chi connectivity index (χ4v) is 2.43. The van der Waals surface area contributed by atoms with Crippen LogP contribution in [0.15, 0.2) is 24.3 Å². The Hall–Kier alpha value is -2.20. The summed E-state index contributed by atoms with van der Waals surface area (Å²) < 4.78 is 37.7. The summed E-state index contributed by atoms with van der Waals surface area (Å²) >= 11 is 0. The maximum atomic E-state index is 12.6. The number of rotatable bonds is 2. The van der Waals surface area contributed by atoms with Gasteiger partial charge in [-0.05, 0) is 31.0 Å². The number of amides is 2. The van der Waals surface area contributed by atoms with Crippen LogP contribution in [-0.4, -0.2) is 41.8 Å². The van der Waals surface area contributed by atoms with Crippen molar-refractivity contribution in [2.45, 2.75) is 25.1 Å². The molecule has 1 saturated heterocycles. The number of aliphatic hydroxyl groups is 1. The van der Waals surface area contributed by atoms with Crippen molar-refractivity contribution in [2.24, 2.45) is 0 Å². The molecule has 0 spiro atoms. The normalized spacial score (nSPS) is 17.6. The summed E-state index contributed by atoms with van der Waals surface area (Å²) in [5.74, 6) is 5.22. The van der Waals surface area contributed by atoms with Gasteiger partial charge in [0.15, 0.2) is 0 Å². The molecular weight excluding hydrogens is 309 g/mol. The van der Waals surface area contributed by atoms with Gasteiger partial charge in [-0.3, -0.25) is 0 Å². The van der Waals surface area contributed by atoms with Crippen molar-refractivity contribution in [3.63, 3.8) is 0 Å². The molecule has 0 radical (unpaired) electrons. The zero-order chi connectivity index (χ0) is 16.9. The van der Waals surface area contributed by atoms with Crippen molar-refractivity contribution >= 4 is 6.03 Å². The number of nitrogens with one attached hydrogen (secondary N) is 1. The van der Waals surface area contributed by atoms with Crippen LogP contribution in [0.3, 0.4) is 0 Å². The van der Waals surface area contributed by atoms with Crippen LogP contribution in [0.1, 0.15) is 24.0 Å². The monoisotopic (exact) mass is 326 g/mol. The number of alkyl halides is 3. The maximum absolute atomic E-state index is 12.6. The van der Waals surface area contributed by atoms with Crippen LogP contribution in [0.4, 0.5) is 18.0 Å². The molecule has 0 aromatic heterocycles. The molecule has 2 N–H and O–H groups in total. The highest BCUT2D eigenvalue weighted by Crippen LogP contribution is 2.29. The van der Waals surface area contributed by atoms with E-state index in [0.29, 0.717) is 6.54 Å². The third kappa shape index (κ3) is 4.63. The minimum Gasteiger partial charge on any atom is -0.394 e. The zero-order valence-corrected chi connectivity index (χ0v) is 12.4. The minimum atomic E-state index is -4.40. The number of hydrogen-bond donors (Lipinski definition) is 2. The van der Waals surface area contributed by atoms with Gasteiger partial charge >= 0.3 is 12.2 Å². The van der Waals surface area contributed by atoms with Gasteiger partial charge in [-0.2, -0.15) is 13.2 Å². The van der Waals surface area contributed by atoms with Crippen molar-refractivity contribution < 1.29 is 23.1 Å². The van der Waals surface area contributed by atoms with Gasteiger partial charge in [-0.25, -0.2) is 4.79 Å². The van der Waals surface area contributed by atoms with Crippen molar-refractivity contribution in [2.75, 3.05) is 19.7 Å². The lowest BCUT2D eigenvalue weighted by atomic mass is 10.1. The molecule has 7 heteroatoms. The third-order valence-electron chi connectivity index (χ3n) is 3.60. The first-order chi connectivity index (χ1) is 10.9. The summed E-state index contributed by atoms with van der Waals surface area (Å²) in [6, 6.07) is 4.23. The van der Waals surface area contributed by atoms with Crippen LogP contribution in [0.5, 0.6) is 0 Å². The number of hydrogen-bond acceptors (Lipinski definition) is 2. The van der Waals surface area contributed by atoms with Crippen molar-refractivity contribution in [3.8, 4) is 11.8 Å². The Balaban J connectivity index is 1.90. The molecule has 1 aliphatic heterocycles. The molecule has 2 rings (SSSR count). The Bertz CT molecular complexity index is 620. The lowest BCUT2D eigenvalue weighted by molar-refractivity contribution is -0.137. The summed E-state index contributed by atoms with van der Waals surface area (Å²) in [4.78, 5) is 13.4. The molecule has 1 atom stereocenters. The summed E-state index contributed by atoms with van der Waals surface area (Å²) in [7, 11) is 0. The van der Waals surface area contributed by atoms with Crippen LogP contribution in [-0.2, 0) is 6.18 Å². The Morgan fingerprint density at radius 2 is 2.22 bits per heavy atom. The summed E-state index contributed by atoms with van der Waals surface area (Å²) in [5, 5.41) is 11.7. The molecule has 1 aromatic carbocycles. The highest BCUT2D eigenvalue weighted by Gasteiger charge is 2.30. The van der Waals surface area contributed by atoms with Crippen LogP contribution in [0.25, 0.3) is 0 Å². The number of carbonyl (C=O) groups is 1. The highest BCUT2D eigenvalue weighted by molar-refractivity contribution is 5.75. The molecule has 1 aromatic rings. The van der Waals surface area contributed by atoms with Crippen molar-refractivity contribution in [3.05, 3.63) is 35.4 Å². The van der Waals surface area contributed by atoms with Gasteiger partial charge < -0.3 is 15.3 Å². The number of likely N-dealkylation sites (tertiary alicyclic amines) is 1. The van der Waals surface area contributed by atoms with Gasteiger partial charge in [-0.15, -0.1) is 0 Å². The van der Waals surface area contributed by atoms with E-state index in [1.807, 2.05) is 0 Å². The molecular formula is C16H17F3N2O2. The van der Waals surface area contributed by atoms with E-state index in [0.717, 1.165) is 25.0 Å². The number of aliphatic hydroxyl groups excluding tert-OH is 1. The first-order valence-corrected chi connectivity index (χ1v) is 7.23. The smallest absolute Gasteiger partial charge is 0.394 e. The molecule has 4 nitrogen and oxygen atoms in total. The van der Waals surface area contributed by atoms with Gasteiger partial charge in [0, 0.05) is 12.1 Å². The van der Waals surface area contributed by atoms with Gasteiger partial charge in [0.2, 0.25) is 0 Å². The first-order valence-electron chi connectivity index (χ1n) is 7.23. The zero-order valence-electron chi connectivity index (χ0n) is 12.4. The lowest BCUT2D eigenvalue weighted by Crippen LogP contribution is -2.44. The minimum absolute atomic E-state index is 0.0315. The topological polar surface area (TPSA) is 52.6 Å². The number of benzene rings is 1. The summed E-state index contributed by atoms with van der Waals surface area (Å²) in [6.45, 7) is 0.533. The second-order valence-electron chi connectivity index (χ2n) is 5.21. The number of carbonyl (C=O) groups excluding carboxylic acids is 1. The average molecular weight is 326 g/mol. The highest BCUT2D eigenvalue weighted by atomic mass is 19.4. The second kappa shape index (κ2) is 7.38. The van der Waals surface area contributed by atoms with E-state index in [1.165, 1.54) is 12.1 Å². The summed E-state index contributed by atoms with van der Waals surface area (Å²) in [5.41, 5.74) is -0.514. The molecule has 23 heavy (non-hydrogen) atoms. The van der Waals surface area contributed by atoms with Crippen LogP contribution in [0.2, 0.25) is 0 Å². The van der Waals surface area contributed by atoms with Crippen LogP contribution >= 0.6 is 0 Å². The molecule has 124 valence electrons. The average Bonchev–Trinajstić information content (AvgIpc) is 2.99. The molecule has 1 aliphatic rings. The molecule has 0 bridgehead atoms. The molecule has 0 saturated carbocycles. The van der Waals surface area contributed by atoms with Gasteiger partial charge in [-0.1, -0.05) is 17.9 Å². The quantitative estimate of drug-likeness (QED) is 0.819. The van der Waals surface area contributed by atoms with Crippen molar-refractivity contribution in [1.29, 1.82) is 0 Å². The van der Waals surface area contributed by atoms with Gasteiger partial charge in [0.25, 0.3) is 0 Å². The van der Waals surface area contributed by atoms with Crippen molar-refractivity contribution in [1.82, 2.24) is 10.2 Å². The largest absolute Gasteiger partial charge is 0.416 e. The van der Waals surface area contributed by atoms with Crippen LogP contribution in [0, 0.1) is 11.8 Å². The number of halogens is 3. The Labute approximate surface area is 132 Å². The fraction of sp³-hybridized carbons (Fsp3) is 0.438. The van der Waals surface area contributed by atoms with E-state index in [2.05, 4.69) is 17.2 Å². The number of urea groups is 1. The molecule has 1 unspecified atom stereocenters. The Morgan fingerprint density at radius 3 is 2.91 bits per heavy atom. The second-order valence-corrected chi connectivity index (χ2v) is 5.21. The van der Waals surface area contributed by atoms with E-state index >= 15 is 0 Å². The predicted octanol–water partition coefficient (Wildman–Crippen LogP) is 2.22. The van der Waals surface area contributed by atoms with E-state index in [1.54, 1.807) is 4.90 Å². The van der Waals surface area contributed by atoms with E-state index in [9.17, 15) is 18.0 Å². The fourth-order valence-electron chi connectivity index (χ4n) is 2.43. The molecule has 1 heterocycles.